The summed E-state index contributed by atoms with van der Waals surface area (Å²) in [6, 6.07) is 10.1. The van der Waals surface area contributed by atoms with Crippen LogP contribution in [0.4, 0.5) is 5.82 Å². The number of carbonyl (C=O) groups excluding carboxylic acids is 1. The van der Waals surface area contributed by atoms with E-state index in [0.717, 1.165) is 5.69 Å². The number of benzene rings is 1. The second-order valence-corrected chi connectivity index (χ2v) is 8.68. The third kappa shape index (κ3) is 4.49. The highest BCUT2D eigenvalue weighted by molar-refractivity contribution is 6.34. The summed E-state index contributed by atoms with van der Waals surface area (Å²) < 4.78 is 1.59. The zero-order valence-corrected chi connectivity index (χ0v) is 18.1. The Balaban J connectivity index is 2.08. The van der Waals surface area contributed by atoms with E-state index in [-0.39, 0.29) is 16.5 Å². The molecular formula is C20H19Cl3N4O. The monoisotopic (exact) mass is 436 g/mol. The molecule has 146 valence electrons. The standard InChI is InChI=1S/C20H19Cl3N4O/c1-11-7-12(8-17(23)24-11)19(28)25-18-10-16(20(2,3)4)26-27(18)15-9-13(21)5-6-14(15)22/h5-10H,1-4H3,(H,25,28). The number of aromatic nitrogens is 3. The summed E-state index contributed by atoms with van der Waals surface area (Å²) in [5.41, 5.74) is 2.19. The van der Waals surface area contributed by atoms with Crippen molar-refractivity contribution in [2.45, 2.75) is 33.1 Å². The molecule has 3 aromatic rings. The van der Waals surface area contributed by atoms with Crippen LogP contribution in [0.1, 0.15) is 42.5 Å². The average Bonchev–Trinajstić information content (AvgIpc) is 3.00. The van der Waals surface area contributed by atoms with Gasteiger partial charge in [-0.25, -0.2) is 9.67 Å². The fourth-order valence-electron chi connectivity index (χ4n) is 2.62. The van der Waals surface area contributed by atoms with Crippen molar-refractivity contribution >= 4 is 46.5 Å². The first-order valence-corrected chi connectivity index (χ1v) is 9.69. The summed E-state index contributed by atoms with van der Waals surface area (Å²) in [7, 11) is 0. The fraction of sp³-hybridized carbons (Fsp3) is 0.250. The zero-order chi connectivity index (χ0) is 20.6. The molecule has 0 atom stereocenters. The molecule has 5 nitrogen and oxygen atoms in total. The van der Waals surface area contributed by atoms with Crippen molar-refractivity contribution in [3.05, 3.63) is 68.5 Å². The van der Waals surface area contributed by atoms with Gasteiger partial charge in [0.1, 0.15) is 11.0 Å². The minimum atomic E-state index is -0.327. The predicted octanol–water partition coefficient (Wildman–Crippen LogP) is 6.09. The summed E-state index contributed by atoms with van der Waals surface area (Å²) in [4.78, 5) is 16.9. The van der Waals surface area contributed by atoms with Gasteiger partial charge in [0.15, 0.2) is 0 Å². The lowest BCUT2D eigenvalue weighted by Gasteiger charge is -2.14. The summed E-state index contributed by atoms with van der Waals surface area (Å²) in [6.45, 7) is 7.89. The maximum absolute atomic E-state index is 12.8. The van der Waals surface area contributed by atoms with Gasteiger partial charge in [-0.15, -0.1) is 0 Å². The number of amides is 1. The SMILES string of the molecule is Cc1cc(C(=O)Nc2cc(C(C)(C)C)nn2-c2cc(Cl)ccc2Cl)cc(Cl)n1. The van der Waals surface area contributed by atoms with Crippen LogP contribution in [0.5, 0.6) is 0 Å². The topological polar surface area (TPSA) is 59.8 Å². The number of rotatable bonds is 3. The number of nitrogens with one attached hydrogen (secondary N) is 1. The molecule has 0 saturated heterocycles. The number of hydrogen-bond acceptors (Lipinski definition) is 3. The van der Waals surface area contributed by atoms with Crippen molar-refractivity contribution in [3.63, 3.8) is 0 Å². The van der Waals surface area contributed by atoms with Crippen molar-refractivity contribution in [1.29, 1.82) is 0 Å². The van der Waals surface area contributed by atoms with E-state index in [2.05, 4.69) is 15.4 Å². The molecule has 1 amide bonds. The Morgan fingerprint density at radius 3 is 2.43 bits per heavy atom. The number of nitrogens with zero attached hydrogens (tertiary/aromatic N) is 3. The highest BCUT2D eigenvalue weighted by Crippen LogP contribution is 2.31. The largest absolute Gasteiger partial charge is 0.306 e. The van der Waals surface area contributed by atoms with Gasteiger partial charge >= 0.3 is 0 Å². The third-order valence-electron chi connectivity index (χ3n) is 4.04. The van der Waals surface area contributed by atoms with Gasteiger partial charge in [-0.05, 0) is 37.3 Å². The minimum Gasteiger partial charge on any atom is -0.306 e. The van der Waals surface area contributed by atoms with Crippen LogP contribution in [-0.4, -0.2) is 20.7 Å². The summed E-state index contributed by atoms with van der Waals surface area (Å²) in [6.07, 6.45) is 0. The van der Waals surface area contributed by atoms with Crippen LogP contribution < -0.4 is 5.32 Å². The Hall–Kier alpha value is -2.08. The smallest absolute Gasteiger partial charge is 0.256 e. The van der Waals surface area contributed by atoms with Crippen molar-refractivity contribution in [3.8, 4) is 5.69 Å². The Morgan fingerprint density at radius 2 is 1.79 bits per heavy atom. The van der Waals surface area contributed by atoms with Crippen LogP contribution in [0.2, 0.25) is 15.2 Å². The van der Waals surface area contributed by atoms with Crippen LogP contribution in [-0.2, 0) is 5.41 Å². The first kappa shape index (κ1) is 20.6. The molecule has 0 bridgehead atoms. The molecule has 1 aromatic carbocycles. The van der Waals surface area contributed by atoms with Gasteiger partial charge in [0, 0.05) is 27.8 Å². The summed E-state index contributed by atoms with van der Waals surface area (Å²) in [5.74, 6) is 0.150. The van der Waals surface area contributed by atoms with Crippen molar-refractivity contribution in [1.82, 2.24) is 14.8 Å². The molecule has 28 heavy (non-hydrogen) atoms. The molecule has 1 N–H and O–H groups in total. The van der Waals surface area contributed by atoms with Crippen LogP contribution in [0.25, 0.3) is 5.69 Å². The molecule has 0 aliphatic carbocycles. The molecule has 0 unspecified atom stereocenters. The predicted molar refractivity (Wildman–Crippen MR) is 114 cm³/mol. The Kier molecular flexibility index (Phi) is 5.71. The van der Waals surface area contributed by atoms with E-state index in [1.807, 2.05) is 26.8 Å². The minimum absolute atomic E-state index is 0.230. The first-order chi connectivity index (χ1) is 13.0. The zero-order valence-electron chi connectivity index (χ0n) is 15.8. The highest BCUT2D eigenvalue weighted by Gasteiger charge is 2.23. The summed E-state index contributed by atoms with van der Waals surface area (Å²) >= 11 is 18.5. The third-order valence-corrected chi connectivity index (χ3v) is 4.79. The van der Waals surface area contributed by atoms with E-state index in [4.69, 9.17) is 34.8 Å². The number of carbonyl (C=O) groups is 1. The van der Waals surface area contributed by atoms with E-state index >= 15 is 0 Å². The van der Waals surface area contributed by atoms with Crippen molar-refractivity contribution in [2.24, 2.45) is 0 Å². The van der Waals surface area contributed by atoms with E-state index in [1.165, 1.54) is 6.07 Å². The number of aryl methyl sites for hydroxylation is 1. The first-order valence-electron chi connectivity index (χ1n) is 8.56. The van der Waals surface area contributed by atoms with E-state index in [9.17, 15) is 4.79 Å². The maximum Gasteiger partial charge on any atom is 0.256 e. The van der Waals surface area contributed by atoms with Gasteiger partial charge in [0.2, 0.25) is 0 Å². The second-order valence-electron chi connectivity index (χ2n) is 7.45. The lowest BCUT2D eigenvalue weighted by Crippen LogP contribution is -2.16. The Morgan fingerprint density at radius 1 is 1.07 bits per heavy atom. The number of pyridine rings is 1. The van der Waals surface area contributed by atoms with Crippen LogP contribution in [0.3, 0.4) is 0 Å². The second kappa shape index (κ2) is 7.74. The normalized spacial score (nSPS) is 11.5. The number of anilines is 1. The van der Waals surface area contributed by atoms with E-state index in [1.54, 1.807) is 35.9 Å². The van der Waals surface area contributed by atoms with E-state index in [0.29, 0.717) is 32.8 Å². The van der Waals surface area contributed by atoms with Crippen molar-refractivity contribution in [2.75, 3.05) is 5.32 Å². The molecular weight excluding hydrogens is 419 g/mol. The molecule has 8 heteroatoms. The fourth-order valence-corrected chi connectivity index (χ4v) is 3.23. The molecule has 3 rings (SSSR count). The van der Waals surface area contributed by atoms with Gasteiger partial charge in [0.25, 0.3) is 5.91 Å². The quantitative estimate of drug-likeness (QED) is 0.505. The lowest BCUT2D eigenvalue weighted by molar-refractivity contribution is 0.102. The molecule has 0 spiro atoms. The van der Waals surface area contributed by atoms with Gasteiger partial charge in [-0.2, -0.15) is 5.10 Å². The molecule has 0 fully saturated rings. The Bertz CT molecular complexity index is 1030. The number of halogens is 3. The molecule has 0 saturated carbocycles. The number of hydrogen-bond donors (Lipinski definition) is 1. The van der Waals surface area contributed by atoms with Crippen LogP contribution in [0.15, 0.2) is 36.4 Å². The van der Waals surface area contributed by atoms with Gasteiger partial charge in [-0.1, -0.05) is 55.6 Å². The molecule has 0 aliphatic rings. The van der Waals surface area contributed by atoms with Crippen LogP contribution >= 0.6 is 34.8 Å². The van der Waals surface area contributed by atoms with Crippen molar-refractivity contribution < 1.29 is 4.79 Å². The molecule has 0 aliphatic heterocycles. The van der Waals surface area contributed by atoms with Gasteiger partial charge in [0.05, 0.1) is 16.4 Å². The Labute approximate surface area is 178 Å². The molecule has 2 heterocycles. The van der Waals surface area contributed by atoms with Gasteiger partial charge < -0.3 is 5.32 Å². The highest BCUT2D eigenvalue weighted by atomic mass is 35.5. The average molecular weight is 438 g/mol. The van der Waals surface area contributed by atoms with Crippen LogP contribution in [0, 0.1) is 6.92 Å². The molecule has 0 radical (unpaired) electrons. The van der Waals surface area contributed by atoms with E-state index < -0.39 is 0 Å². The lowest BCUT2D eigenvalue weighted by atomic mass is 9.92. The van der Waals surface area contributed by atoms with Gasteiger partial charge in [-0.3, -0.25) is 4.79 Å². The summed E-state index contributed by atoms with van der Waals surface area (Å²) in [5, 5.41) is 8.78. The maximum atomic E-state index is 12.8. The molecule has 2 aromatic heterocycles.